The molecule has 0 unspecified atom stereocenters. The van der Waals surface area contributed by atoms with Crippen molar-refractivity contribution in [3.05, 3.63) is 72.3 Å². The maximum atomic E-state index is 13.0. The van der Waals surface area contributed by atoms with Crippen molar-refractivity contribution >= 4 is 5.97 Å². The van der Waals surface area contributed by atoms with Gasteiger partial charge in [0.15, 0.2) is 0 Å². The number of benzene rings is 3. The fourth-order valence-corrected chi connectivity index (χ4v) is 4.89. The van der Waals surface area contributed by atoms with Gasteiger partial charge in [-0.1, -0.05) is 76.1 Å². The van der Waals surface area contributed by atoms with E-state index in [1.165, 1.54) is 44.9 Å². The highest BCUT2D eigenvalue weighted by atomic mass is 16.6. The van der Waals surface area contributed by atoms with E-state index in [9.17, 15) is 4.79 Å². The SMILES string of the molecule is CCCCCCCCCCOc1ccc(-c2ccc(OC(=O)[C@@]3(C)CCc4cc(OC)ccc4O3)cc2)cc1. The highest BCUT2D eigenvalue weighted by molar-refractivity contribution is 5.82. The summed E-state index contributed by atoms with van der Waals surface area (Å²) in [5, 5.41) is 0. The zero-order valence-electron chi connectivity index (χ0n) is 23.7. The minimum absolute atomic E-state index is 0.394. The number of ether oxygens (including phenoxy) is 4. The van der Waals surface area contributed by atoms with Crippen LogP contribution < -0.4 is 18.9 Å². The molecule has 5 nitrogen and oxygen atoms in total. The van der Waals surface area contributed by atoms with Gasteiger partial charge in [-0.05, 0) is 78.9 Å². The molecule has 0 aromatic heterocycles. The van der Waals surface area contributed by atoms with Crippen LogP contribution in [0.15, 0.2) is 66.7 Å². The van der Waals surface area contributed by atoms with Gasteiger partial charge in [-0.3, -0.25) is 0 Å². The van der Waals surface area contributed by atoms with E-state index in [1.807, 2.05) is 54.6 Å². The van der Waals surface area contributed by atoms with Crippen LogP contribution in [0.2, 0.25) is 0 Å². The van der Waals surface area contributed by atoms with E-state index in [0.717, 1.165) is 47.6 Å². The molecule has 3 aromatic rings. The lowest BCUT2D eigenvalue weighted by atomic mass is 9.92. The van der Waals surface area contributed by atoms with Crippen molar-refractivity contribution in [1.82, 2.24) is 0 Å². The van der Waals surface area contributed by atoms with Gasteiger partial charge >= 0.3 is 5.97 Å². The van der Waals surface area contributed by atoms with Crippen molar-refractivity contribution in [2.45, 2.75) is 83.7 Å². The molecule has 1 aliphatic heterocycles. The van der Waals surface area contributed by atoms with Crippen LogP contribution >= 0.6 is 0 Å². The highest BCUT2D eigenvalue weighted by Gasteiger charge is 2.41. The Morgan fingerprint density at radius 3 is 2.03 bits per heavy atom. The third-order valence-corrected chi connectivity index (χ3v) is 7.43. The summed E-state index contributed by atoms with van der Waals surface area (Å²) in [6.07, 6.45) is 11.6. The van der Waals surface area contributed by atoms with Gasteiger partial charge in [0.05, 0.1) is 13.7 Å². The van der Waals surface area contributed by atoms with Crippen molar-refractivity contribution in [2.24, 2.45) is 0 Å². The van der Waals surface area contributed by atoms with Crippen molar-refractivity contribution in [3.8, 4) is 34.1 Å². The number of methoxy groups -OCH3 is 1. The first-order valence-corrected chi connectivity index (χ1v) is 14.4. The highest BCUT2D eigenvalue weighted by Crippen LogP contribution is 2.36. The molecule has 0 N–H and O–H groups in total. The molecule has 0 saturated carbocycles. The summed E-state index contributed by atoms with van der Waals surface area (Å²) in [5.41, 5.74) is 2.13. The van der Waals surface area contributed by atoms with Crippen LogP contribution in [0.5, 0.6) is 23.0 Å². The lowest BCUT2D eigenvalue weighted by Gasteiger charge is -2.33. The number of hydrogen-bond donors (Lipinski definition) is 0. The first kappa shape index (κ1) is 28.5. The van der Waals surface area contributed by atoms with Crippen molar-refractivity contribution in [2.75, 3.05) is 13.7 Å². The van der Waals surface area contributed by atoms with Crippen LogP contribution in [-0.2, 0) is 11.2 Å². The maximum Gasteiger partial charge on any atom is 0.355 e. The number of aryl methyl sites for hydroxylation is 1. The Balaban J connectivity index is 1.23. The van der Waals surface area contributed by atoms with E-state index in [0.29, 0.717) is 17.9 Å². The smallest absolute Gasteiger partial charge is 0.355 e. The number of unbranched alkanes of at least 4 members (excludes halogenated alkanes) is 7. The number of esters is 1. The van der Waals surface area contributed by atoms with E-state index < -0.39 is 11.6 Å². The molecule has 1 atom stereocenters. The second-order valence-corrected chi connectivity index (χ2v) is 10.6. The number of rotatable bonds is 14. The Morgan fingerprint density at radius 1 is 0.795 bits per heavy atom. The molecular formula is C34H42O5. The Bertz CT molecular complexity index is 1190. The van der Waals surface area contributed by atoms with Crippen LogP contribution in [0.3, 0.4) is 0 Å². The number of hydrogen-bond acceptors (Lipinski definition) is 5. The fraction of sp³-hybridized carbons (Fsp3) is 0.441. The van der Waals surface area contributed by atoms with Crippen molar-refractivity contribution in [3.63, 3.8) is 0 Å². The summed E-state index contributed by atoms with van der Waals surface area (Å²) >= 11 is 0. The molecular weight excluding hydrogens is 488 g/mol. The molecule has 0 radical (unpaired) electrons. The van der Waals surface area contributed by atoms with Crippen LogP contribution in [0, 0.1) is 0 Å². The van der Waals surface area contributed by atoms with Gasteiger partial charge in [-0.2, -0.15) is 0 Å². The molecule has 208 valence electrons. The number of carbonyl (C=O) groups excluding carboxylic acids is 1. The van der Waals surface area contributed by atoms with Crippen LogP contribution in [-0.4, -0.2) is 25.3 Å². The lowest BCUT2D eigenvalue weighted by Crippen LogP contribution is -2.46. The molecule has 0 spiro atoms. The molecule has 4 rings (SSSR count). The Morgan fingerprint density at radius 2 is 1.38 bits per heavy atom. The van der Waals surface area contributed by atoms with Gasteiger partial charge in [0.25, 0.3) is 0 Å². The molecule has 39 heavy (non-hydrogen) atoms. The minimum Gasteiger partial charge on any atom is -0.497 e. The summed E-state index contributed by atoms with van der Waals surface area (Å²) in [7, 11) is 1.64. The van der Waals surface area contributed by atoms with Crippen LogP contribution in [0.4, 0.5) is 0 Å². The quantitative estimate of drug-likeness (QED) is 0.119. The Labute approximate surface area is 233 Å². The number of fused-ring (bicyclic) bond motifs is 1. The largest absolute Gasteiger partial charge is 0.497 e. The van der Waals surface area contributed by atoms with E-state index in [2.05, 4.69) is 19.1 Å². The van der Waals surface area contributed by atoms with E-state index in [1.54, 1.807) is 14.0 Å². The first-order valence-electron chi connectivity index (χ1n) is 14.4. The third-order valence-electron chi connectivity index (χ3n) is 7.43. The average molecular weight is 531 g/mol. The van der Waals surface area contributed by atoms with E-state index >= 15 is 0 Å². The topological polar surface area (TPSA) is 54.0 Å². The van der Waals surface area contributed by atoms with Gasteiger partial charge in [0.1, 0.15) is 23.0 Å². The fourth-order valence-electron chi connectivity index (χ4n) is 4.89. The standard InChI is InChI=1S/C34H42O5/c1-4-5-6-7-8-9-10-11-24-37-29-16-12-26(13-17-29)27-14-18-30(19-15-27)38-33(35)34(2)23-22-28-25-31(36-3)20-21-32(28)39-34/h12-21,25H,4-11,22-24H2,1-3H3/t34-/m1/s1. The van der Waals surface area contributed by atoms with Crippen molar-refractivity contribution in [1.29, 1.82) is 0 Å². The molecule has 0 amide bonds. The second-order valence-electron chi connectivity index (χ2n) is 10.6. The molecule has 1 aliphatic rings. The summed E-state index contributed by atoms with van der Waals surface area (Å²) in [4.78, 5) is 13.0. The van der Waals surface area contributed by atoms with E-state index in [-0.39, 0.29) is 0 Å². The maximum absolute atomic E-state index is 13.0. The number of carbonyl (C=O) groups is 1. The van der Waals surface area contributed by atoms with Gasteiger partial charge in [-0.25, -0.2) is 4.79 Å². The first-order chi connectivity index (χ1) is 19.0. The van der Waals surface area contributed by atoms with Crippen LogP contribution in [0.1, 0.15) is 77.2 Å². The molecule has 1 heterocycles. The Kier molecular flexibility index (Phi) is 10.3. The summed E-state index contributed by atoms with van der Waals surface area (Å²) in [6.45, 7) is 4.80. The average Bonchev–Trinajstić information content (AvgIpc) is 2.97. The summed E-state index contributed by atoms with van der Waals surface area (Å²) < 4.78 is 23.0. The van der Waals surface area contributed by atoms with Gasteiger partial charge in [0, 0.05) is 6.42 Å². The molecule has 3 aromatic carbocycles. The van der Waals surface area contributed by atoms with Crippen LogP contribution in [0.25, 0.3) is 11.1 Å². The monoisotopic (exact) mass is 530 g/mol. The van der Waals surface area contributed by atoms with Gasteiger partial charge in [0.2, 0.25) is 5.60 Å². The molecule has 5 heteroatoms. The molecule has 0 aliphatic carbocycles. The molecule has 0 fully saturated rings. The zero-order valence-corrected chi connectivity index (χ0v) is 23.7. The predicted octanol–water partition coefficient (Wildman–Crippen LogP) is 8.57. The third kappa shape index (κ3) is 8.01. The predicted molar refractivity (Wildman–Crippen MR) is 156 cm³/mol. The van der Waals surface area contributed by atoms with Gasteiger partial charge in [-0.15, -0.1) is 0 Å². The summed E-state index contributed by atoms with van der Waals surface area (Å²) in [6, 6.07) is 21.4. The molecule has 0 saturated heterocycles. The van der Waals surface area contributed by atoms with E-state index in [4.69, 9.17) is 18.9 Å². The zero-order chi connectivity index (χ0) is 27.5. The van der Waals surface area contributed by atoms with Gasteiger partial charge < -0.3 is 18.9 Å². The molecule has 0 bridgehead atoms. The normalized spacial score (nSPS) is 16.2. The minimum atomic E-state index is -1.04. The van der Waals surface area contributed by atoms with Crippen molar-refractivity contribution < 1.29 is 23.7 Å². The Hall–Kier alpha value is -3.47. The summed E-state index contributed by atoms with van der Waals surface area (Å²) in [5.74, 6) is 2.48. The lowest BCUT2D eigenvalue weighted by molar-refractivity contribution is -0.152. The second kappa shape index (κ2) is 14.1.